The summed E-state index contributed by atoms with van der Waals surface area (Å²) in [5.41, 5.74) is 8.35. The number of aromatic nitrogens is 1. The molecule has 1 heterocycles. The molecule has 66 valence electrons. The van der Waals surface area contributed by atoms with Gasteiger partial charge in [-0.2, -0.15) is 0 Å². The lowest BCUT2D eigenvalue weighted by atomic mass is 10.2. The standard InChI is InChI=1S/C10H9BrN2/c1-6-9(12)4-7-2-3-8(11)5-10(7)13-6/h2-5H,12H2,1H3. The van der Waals surface area contributed by atoms with Gasteiger partial charge in [-0.3, -0.25) is 4.98 Å². The first kappa shape index (κ1) is 8.51. The SMILES string of the molecule is Cc1nc2cc(Br)ccc2cc1N. The van der Waals surface area contributed by atoms with Crippen molar-refractivity contribution in [3.8, 4) is 0 Å². The number of rotatable bonds is 0. The molecule has 2 rings (SSSR count). The molecule has 0 spiro atoms. The van der Waals surface area contributed by atoms with E-state index < -0.39 is 0 Å². The minimum Gasteiger partial charge on any atom is -0.397 e. The first-order valence-electron chi connectivity index (χ1n) is 3.99. The number of halogens is 1. The fourth-order valence-electron chi connectivity index (χ4n) is 1.25. The van der Waals surface area contributed by atoms with Crippen molar-refractivity contribution in [3.05, 3.63) is 34.4 Å². The molecular weight excluding hydrogens is 228 g/mol. The third-order valence-corrected chi connectivity index (χ3v) is 2.50. The minimum absolute atomic E-state index is 0.745. The van der Waals surface area contributed by atoms with E-state index in [1.807, 2.05) is 31.2 Å². The van der Waals surface area contributed by atoms with Gasteiger partial charge in [0.05, 0.1) is 16.9 Å². The van der Waals surface area contributed by atoms with E-state index in [-0.39, 0.29) is 0 Å². The smallest absolute Gasteiger partial charge is 0.0718 e. The Morgan fingerprint density at radius 3 is 2.85 bits per heavy atom. The summed E-state index contributed by atoms with van der Waals surface area (Å²) in [4.78, 5) is 4.38. The maximum Gasteiger partial charge on any atom is 0.0718 e. The predicted molar refractivity (Wildman–Crippen MR) is 58.6 cm³/mol. The highest BCUT2D eigenvalue weighted by atomic mass is 79.9. The summed E-state index contributed by atoms with van der Waals surface area (Å²) < 4.78 is 1.04. The normalized spacial score (nSPS) is 10.6. The van der Waals surface area contributed by atoms with E-state index in [0.717, 1.165) is 26.8 Å². The Labute approximate surface area is 84.9 Å². The first-order chi connectivity index (χ1) is 6.16. The van der Waals surface area contributed by atoms with E-state index in [4.69, 9.17) is 5.73 Å². The van der Waals surface area contributed by atoms with Gasteiger partial charge in [0.2, 0.25) is 0 Å². The Kier molecular flexibility index (Phi) is 1.96. The summed E-state index contributed by atoms with van der Waals surface area (Å²) in [5.74, 6) is 0. The molecule has 1 aromatic heterocycles. The van der Waals surface area contributed by atoms with Crippen LogP contribution in [-0.4, -0.2) is 4.98 Å². The summed E-state index contributed by atoms with van der Waals surface area (Å²) in [6, 6.07) is 7.92. The Hall–Kier alpha value is -1.09. The van der Waals surface area contributed by atoms with E-state index in [1.54, 1.807) is 0 Å². The molecule has 13 heavy (non-hydrogen) atoms. The minimum atomic E-state index is 0.745. The highest BCUT2D eigenvalue weighted by molar-refractivity contribution is 9.10. The monoisotopic (exact) mass is 236 g/mol. The van der Waals surface area contributed by atoms with E-state index in [0.29, 0.717) is 0 Å². The van der Waals surface area contributed by atoms with Gasteiger partial charge in [0.15, 0.2) is 0 Å². The van der Waals surface area contributed by atoms with Crippen LogP contribution in [-0.2, 0) is 0 Å². The predicted octanol–water partition coefficient (Wildman–Crippen LogP) is 2.89. The molecule has 2 aromatic rings. The number of fused-ring (bicyclic) bond motifs is 1. The molecule has 0 atom stereocenters. The van der Waals surface area contributed by atoms with Crippen LogP contribution in [0.3, 0.4) is 0 Å². The summed E-state index contributed by atoms with van der Waals surface area (Å²) in [5, 5.41) is 1.08. The van der Waals surface area contributed by atoms with Crippen molar-refractivity contribution in [2.24, 2.45) is 0 Å². The lowest BCUT2D eigenvalue weighted by Crippen LogP contribution is -1.92. The summed E-state index contributed by atoms with van der Waals surface area (Å²) in [7, 11) is 0. The quantitative estimate of drug-likeness (QED) is 0.765. The Bertz CT molecular complexity index is 466. The maximum absolute atomic E-state index is 5.75. The van der Waals surface area contributed by atoms with Crippen LogP contribution in [0.1, 0.15) is 5.69 Å². The topological polar surface area (TPSA) is 38.9 Å². The molecule has 0 unspecified atom stereocenters. The molecule has 0 amide bonds. The van der Waals surface area contributed by atoms with E-state index in [1.165, 1.54) is 0 Å². The molecule has 0 fully saturated rings. The van der Waals surface area contributed by atoms with Gasteiger partial charge in [-0.1, -0.05) is 22.0 Å². The molecule has 0 aliphatic rings. The van der Waals surface area contributed by atoms with Crippen LogP contribution in [0.25, 0.3) is 10.9 Å². The number of anilines is 1. The van der Waals surface area contributed by atoms with Gasteiger partial charge >= 0.3 is 0 Å². The third kappa shape index (κ3) is 1.52. The van der Waals surface area contributed by atoms with Crippen LogP contribution >= 0.6 is 15.9 Å². The highest BCUT2D eigenvalue weighted by Gasteiger charge is 1.99. The zero-order chi connectivity index (χ0) is 9.42. The zero-order valence-electron chi connectivity index (χ0n) is 7.21. The van der Waals surface area contributed by atoms with Gasteiger partial charge in [0, 0.05) is 9.86 Å². The highest BCUT2D eigenvalue weighted by Crippen LogP contribution is 2.21. The van der Waals surface area contributed by atoms with Crippen LogP contribution < -0.4 is 5.73 Å². The number of aryl methyl sites for hydroxylation is 1. The second-order valence-corrected chi connectivity index (χ2v) is 3.92. The van der Waals surface area contributed by atoms with Crippen LogP contribution in [0.2, 0.25) is 0 Å². The van der Waals surface area contributed by atoms with Crippen molar-refractivity contribution in [2.75, 3.05) is 5.73 Å². The number of nitrogens with two attached hydrogens (primary N) is 1. The third-order valence-electron chi connectivity index (χ3n) is 2.01. The number of pyridine rings is 1. The average Bonchev–Trinajstić information content (AvgIpc) is 2.08. The van der Waals surface area contributed by atoms with Crippen molar-refractivity contribution in [2.45, 2.75) is 6.92 Å². The molecule has 0 aliphatic carbocycles. The second kappa shape index (κ2) is 3.00. The molecule has 0 aliphatic heterocycles. The number of hydrogen-bond donors (Lipinski definition) is 1. The number of nitrogens with zero attached hydrogens (tertiary/aromatic N) is 1. The Morgan fingerprint density at radius 1 is 1.31 bits per heavy atom. The molecule has 3 heteroatoms. The summed E-state index contributed by atoms with van der Waals surface area (Å²) in [6.45, 7) is 1.91. The molecule has 1 aromatic carbocycles. The van der Waals surface area contributed by atoms with E-state index >= 15 is 0 Å². The van der Waals surface area contributed by atoms with Crippen molar-refractivity contribution in [1.82, 2.24) is 4.98 Å². The molecule has 0 saturated heterocycles. The van der Waals surface area contributed by atoms with Crippen LogP contribution in [0.5, 0.6) is 0 Å². The number of nitrogen functional groups attached to an aromatic ring is 1. The van der Waals surface area contributed by atoms with Gasteiger partial charge in [-0.05, 0) is 25.1 Å². The summed E-state index contributed by atoms with van der Waals surface area (Å²) in [6.07, 6.45) is 0. The fraction of sp³-hybridized carbons (Fsp3) is 0.100. The van der Waals surface area contributed by atoms with Crippen molar-refractivity contribution >= 4 is 32.5 Å². The molecule has 0 radical (unpaired) electrons. The first-order valence-corrected chi connectivity index (χ1v) is 4.78. The molecular formula is C10H9BrN2. The number of benzene rings is 1. The number of hydrogen-bond acceptors (Lipinski definition) is 2. The molecule has 0 bridgehead atoms. The molecule has 2 nitrogen and oxygen atoms in total. The molecule has 0 saturated carbocycles. The van der Waals surface area contributed by atoms with Crippen molar-refractivity contribution in [3.63, 3.8) is 0 Å². The summed E-state index contributed by atoms with van der Waals surface area (Å²) >= 11 is 3.40. The lowest BCUT2D eigenvalue weighted by Gasteiger charge is -2.02. The Balaban J connectivity index is 2.81. The van der Waals surface area contributed by atoms with Gasteiger partial charge in [-0.15, -0.1) is 0 Å². The van der Waals surface area contributed by atoms with Gasteiger partial charge in [0.25, 0.3) is 0 Å². The molecule has 2 N–H and O–H groups in total. The van der Waals surface area contributed by atoms with Crippen molar-refractivity contribution < 1.29 is 0 Å². The second-order valence-electron chi connectivity index (χ2n) is 3.00. The van der Waals surface area contributed by atoms with E-state index in [2.05, 4.69) is 20.9 Å². The van der Waals surface area contributed by atoms with Crippen LogP contribution in [0.4, 0.5) is 5.69 Å². The largest absolute Gasteiger partial charge is 0.397 e. The van der Waals surface area contributed by atoms with Crippen molar-refractivity contribution in [1.29, 1.82) is 0 Å². The van der Waals surface area contributed by atoms with Crippen LogP contribution in [0.15, 0.2) is 28.7 Å². The van der Waals surface area contributed by atoms with Gasteiger partial charge in [0.1, 0.15) is 0 Å². The zero-order valence-corrected chi connectivity index (χ0v) is 8.80. The lowest BCUT2D eigenvalue weighted by molar-refractivity contribution is 1.26. The average molecular weight is 237 g/mol. The van der Waals surface area contributed by atoms with Crippen LogP contribution in [0, 0.1) is 6.92 Å². The van der Waals surface area contributed by atoms with Gasteiger partial charge in [-0.25, -0.2) is 0 Å². The maximum atomic E-state index is 5.75. The van der Waals surface area contributed by atoms with E-state index in [9.17, 15) is 0 Å². The van der Waals surface area contributed by atoms with Gasteiger partial charge < -0.3 is 5.73 Å². The Morgan fingerprint density at radius 2 is 2.08 bits per heavy atom. The fourth-order valence-corrected chi connectivity index (χ4v) is 1.60.